The van der Waals surface area contributed by atoms with E-state index in [1.807, 2.05) is 0 Å². The third kappa shape index (κ3) is 43.9. The molecule has 9 nitrogen and oxygen atoms in total. The van der Waals surface area contributed by atoms with Crippen LogP contribution >= 0.6 is 7.82 Å². The number of phosphoric ester groups is 1. The van der Waals surface area contributed by atoms with Gasteiger partial charge in [-0.2, -0.15) is 0 Å². The van der Waals surface area contributed by atoms with Crippen molar-refractivity contribution in [3.8, 4) is 0 Å². The largest absolute Gasteiger partial charge is 0.472 e. The lowest BCUT2D eigenvalue weighted by Crippen LogP contribution is -2.29. The van der Waals surface area contributed by atoms with Crippen molar-refractivity contribution in [3.63, 3.8) is 0 Å². The summed E-state index contributed by atoms with van der Waals surface area (Å²) in [4.78, 5) is 34.9. The van der Waals surface area contributed by atoms with Crippen molar-refractivity contribution < 1.29 is 37.6 Å². The maximum Gasteiger partial charge on any atom is 0.472 e. The fraction of sp³-hybridized carbons (Fsp3) is 0.872. The van der Waals surface area contributed by atoms with Crippen molar-refractivity contribution in [1.82, 2.24) is 0 Å². The summed E-state index contributed by atoms with van der Waals surface area (Å²) in [6.45, 7) is 3.74. The zero-order valence-electron chi connectivity index (χ0n) is 37.1. The van der Waals surface area contributed by atoms with Gasteiger partial charge >= 0.3 is 19.8 Å². The lowest BCUT2D eigenvalue weighted by atomic mass is 10.0. The van der Waals surface area contributed by atoms with Gasteiger partial charge in [0.25, 0.3) is 0 Å². The lowest BCUT2D eigenvalue weighted by molar-refractivity contribution is -0.161. The smallest absolute Gasteiger partial charge is 0.462 e. The fourth-order valence-corrected chi connectivity index (χ4v) is 7.51. The third-order valence-electron chi connectivity index (χ3n) is 10.3. The number of hydrogen-bond donors (Lipinski definition) is 2. The highest BCUT2D eigenvalue weighted by Crippen LogP contribution is 2.43. The van der Waals surface area contributed by atoms with E-state index in [4.69, 9.17) is 24.3 Å². The van der Waals surface area contributed by atoms with Crippen LogP contribution in [0.25, 0.3) is 0 Å². The molecule has 0 amide bonds. The van der Waals surface area contributed by atoms with Crippen molar-refractivity contribution >= 4 is 19.8 Å². The van der Waals surface area contributed by atoms with Gasteiger partial charge in [0.2, 0.25) is 0 Å². The van der Waals surface area contributed by atoms with Gasteiger partial charge in [0, 0.05) is 19.4 Å². The van der Waals surface area contributed by atoms with E-state index in [0.717, 1.165) is 57.8 Å². The van der Waals surface area contributed by atoms with Crippen LogP contribution in [0.15, 0.2) is 24.3 Å². The van der Waals surface area contributed by atoms with E-state index in [0.29, 0.717) is 6.42 Å². The third-order valence-corrected chi connectivity index (χ3v) is 11.3. The molecule has 10 heteroatoms. The van der Waals surface area contributed by atoms with Crippen LogP contribution < -0.4 is 5.73 Å². The van der Waals surface area contributed by atoms with Gasteiger partial charge in [0.1, 0.15) is 6.61 Å². The van der Waals surface area contributed by atoms with Crippen LogP contribution in [0.5, 0.6) is 0 Å². The van der Waals surface area contributed by atoms with Crippen LogP contribution in [-0.4, -0.2) is 49.3 Å². The SMILES string of the molecule is CCCCCCCC/C=C\CCCCCCCCCCCCCC(=O)O[C@H](COC(=O)CCCCCCC/C=C\CCCCCCCC)COP(=O)(O)OCCN. The maximum atomic E-state index is 12.6. The molecule has 57 heavy (non-hydrogen) atoms. The Bertz CT molecular complexity index is 990. The number of hydrogen-bond acceptors (Lipinski definition) is 8. The minimum absolute atomic E-state index is 0.0535. The molecule has 0 heterocycles. The zero-order chi connectivity index (χ0) is 41.8. The number of phosphoric acid groups is 1. The standard InChI is InChI=1S/C47H90NO8P/c1-3-5-7-9-11-13-15-17-19-20-21-22-23-24-26-28-30-32-34-36-38-40-47(50)56-45(44-55-57(51,52)54-42-41-48)43-53-46(49)39-37-35-33-31-29-27-25-18-16-14-12-10-8-6-4-2/h17-19,25,45H,3-16,20-24,26-44,48H2,1-2H3,(H,51,52)/b19-17-,25-18-/t45-/m1/s1. The Labute approximate surface area is 351 Å². The summed E-state index contributed by atoms with van der Waals surface area (Å²) >= 11 is 0. The predicted molar refractivity (Wildman–Crippen MR) is 238 cm³/mol. The number of esters is 2. The van der Waals surface area contributed by atoms with E-state index in [2.05, 4.69) is 38.2 Å². The Morgan fingerprint density at radius 1 is 0.509 bits per heavy atom. The molecule has 0 saturated carbocycles. The first-order valence-corrected chi connectivity index (χ1v) is 25.3. The van der Waals surface area contributed by atoms with Crippen LogP contribution in [0.2, 0.25) is 0 Å². The Balaban J connectivity index is 4.07. The molecule has 2 atom stereocenters. The highest BCUT2D eigenvalue weighted by Gasteiger charge is 2.26. The second-order valence-corrected chi connectivity index (χ2v) is 17.4. The molecule has 0 fully saturated rings. The summed E-state index contributed by atoms with van der Waals surface area (Å²) in [5.41, 5.74) is 5.36. The van der Waals surface area contributed by atoms with E-state index in [1.165, 1.54) is 141 Å². The average molecular weight is 828 g/mol. The molecule has 3 N–H and O–H groups in total. The van der Waals surface area contributed by atoms with Crippen molar-refractivity contribution in [2.75, 3.05) is 26.4 Å². The molecule has 0 aliphatic rings. The molecule has 0 spiro atoms. The second kappa shape index (κ2) is 44.1. The van der Waals surface area contributed by atoms with Crippen molar-refractivity contribution in [2.45, 2.75) is 238 Å². The summed E-state index contributed by atoms with van der Waals surface area (Å²) in [5, 5.41) is 0. The number of rotatable bonds is 45. The lowest BCUT2D eigenvalue weighted by Gasteiger charge is -2.19. The van der Waals surface area contributed by atoms with Gasteiger partial charge in [-0.05, 0) is 64.2 Å². The summed E-state index contributed by atoms with van der Waals surface area (Å²) in [6, 6.07) is 0. The number of carbonyl (C=O) groups excluding carboxylic acids is 2. The van der Waals surface area contributed by atoms with Crippen LogP contribution in [-0.2, 0) is 32.7 Å². The molecule has 0 aliphatic carbocycles. The number of unbranched alkanes of at least 4 members (excludes halogenated alkanes) is 28. The molecule has 0 aromatic rings. The highest BCUT2D eigenvalue weighted by atomic mass is 31.2. The Kier molecular flexibility index (Phi) is 42.9. The van der Waals surface area contributed by atoms with E-state index in [-0.39, 0.29) is 38.6 Å². The average Bonchev–Trinajstić information content (AvgIpc) is 3.20. The van der Waals surface area contributed by atoms with Gasteiger partial charge in [-0.3, -0.25) is 18.6 Å². The van der Waals surface area contributed by atoms with Crippen LogP contribution in [0.4, 0.5) is 0 Å². The first kappa shape index (κ1) is 55.5. The predicted octanol–water partition coefficient (Wildman–Crippen LogP) is 13.9. The minimum atomic E-state index is -4.38. The van der Waals surface area contributed by atoms with Crippen molar-refractivity contribution in [2.24, 2.45) is 5.73 Å². The van der Waals surface area contributed by atoms with Gasteiger partial charge < -0.3 is 20.1 Å². The highest BCUT2D eigenvalue weighted by molar-refractivity contribution is 7.47. The molecule has 0 rings (SSSR count). The van der Waals surface area contributed by atoms with E-state index in [1.54, 1.807) is 0 Å². The summed E-state index contributed by atoms with van der Waals surface area (Å²) in [7, 11) is -4.38. The first-order valence-electron chi connectivity index (χ1n) is 23.8. The van der Waals surface area contributed by atoms with Crippen molar-refractivity contribution in [1.29, 1.82) is 0 Å². The summed E-state index contributed by atoms with van der Waals surface area (Å²) < 4.78 is 32.8. The molecule has 0 bridgehead atoms. The molecule has 0 radical (unpaired) electrons. The summed E-state index contributed by atoms with van der Waals surface area (Å²) in [6.07, 6.45) is 47.8. The molecule has 1 unspecified atom stereocenters. The van der Waals surface area contributed by atoms with Gasteiger partial charge in [0.05, 0.1) is 13.2 Å². The quantitative estimate of drug-likeness (QED) is 0.0266. The molecular formula is C47H90NO8P. The van der Waals surface area contributed by atoms with Crippen LogP contribution in [0, 0.1) is 0 Å². The van der Waals surface area contributed by atoms with E-state index in [9.17, 15) is 19.0 Å². The molecule has 0 aromatic heterocycles. The summed E-state index contributed by atoms with van der Waals surface area (Å²) in [5.74, 6) is -0.831. The monoisotopic (exact) mass is 828 g/mol. The minimum Gasteiger partial charge on any atom is -0.462 e. The molecule has 0 saturated heterocycles. The number of allylic oxidation sites excluding steroid dienone is 4. The maximum absolute atomic E-state index is 12.6. The molecule has 0 aromatic carbocycles. The Morgan fingerprint density at radius 2 is 0.860 bits per heavy atom. The van der Waals surface area contributed by atoms with E-state index >= 15 is 0 Å². The van der Waals surface area contributed by atoms with Gasteiger partial charge in [0.15, 0.2) is 6.10 Å². The van der Waals surface area contributed by atoms with Crippen molar-refractivity contribution in [3.05, 3.63) is 24.3 Å². The Morgan fingerprint density at radius 3 is 1.25 bits per heavy atom. The van der Waals surface area contributed by atoms with E-state index < -0.39 is 26.5 Å². The second-order valence-electron chi connectivity index (χ2n) is 16.0. The van der Waals surface area contributed by atoms with Crippen LogP contribution in [0.3, 0.4) is 0 Å². The van der Waals surface area contributed by atoms with Gasteiger partial charge in [-0.1, -0.05) is 179 Å². The topological polar surface area (TPSA) is 134 Å². The number of ether oxygens (including phenoxy) is 2. The zero-order valence-corrected chi connectivity index (χ0v) is 38.0. The van der Waals surface area contributed by atoms with Gasteiger partial charge in [-0.25, -0.2) is 4.57 Å². The normalized spacial score (nSPS) is 13.4. The number of carbonyl (C=O) groups is 2. The molecular weight excluding hydrogens is 737 g/mol. The molecule has 0 aliphatic heterocycles. The van der Waals surface area contributed by atoms with Crippen LogP contribution in [0.1, 0.15) is 232 Å². The van der Waals surface area contributed by atoms with Gasteiger partial charge in [-0.15, -0.1) is 0 Å². The first-order chi connectivity index (χ1) is 27.8. The number of nitrogens with two attached hydrogens (primary N) is 1. The molecule has 336 valence electrons. The fourth-order valence-electron chi connectivity index (χ4n) is 6.74. The Hall–Kier alpha value is -1.51.